The Kier molecular flexibility index (Phi) is 5.36. The van der Waals surface area contributed by atoms with E-state index in [-0.39, 0.29) is 12.1 Å². The minimum absolute atomic E-state index is 0.00847. The maximum atomic E-state index is 11.9. The minimum Gasteiger partial charge on any atom is -0.335 e. The van der Waals surface area contributed by atoms with Crippen molar-refractivity contribution < 1.29 is 13.2 Å². The Morgan fingerprint density at radius 3 is 2.59 bits per heavy atom. The molecular weight excluding hydrogens is 304 g/mol. The van der Waals surface area contributed by atoms with E-state index in [4.69, 9.17) is 0 Å². The number of hydrogen-bond acceptors (Lipinski definition) is 4. The standard InChI is InChI=1S/C14H22N4O3S/c1-11-3-4-12(9-15-11)10-16-14(19)17-13-5-7-18(8-6-13)22(2,20)21/h3-4,9,13H,5-8,10H2,1-2H3,(H2,16,17,19). The molecule has 0 atom stereocenters. The second-order valence-electron chi connectivity index (χ2n) is 5.57. The number of nitrogens with zero attached hydrogens (tertiary/aromatic N) is 2. The number of nitrogens with one attached hydrogen (secondary N) is 2. The number of rotatable bonds is 4. The van der Waals surface area contributed by atoms with E-state index in [0.29, 0.717) is 32.5 Å². The van der Waals surface area contributed by atoms with E-state index in [9.17, 15) is 13.2 Å². The summed E-state index contributed by atoms with van der Waals surface area (Å²) in [4.78, 5) is 16.0. The molecule has 0 aliphatic carbocycles. The van der Waals surface area contributed by atoms with E-state index >= 15 is 0 Å². The third-order valence-electron chi connectivity index (χ3n) is 3.68. The lowest BCUT2D eigenvalue weighted by Crippen LogP contribution is -2.48. The Morgan fingerprint density at radius 1 is 1.36 bits per heavy atom. The monoisotopic (exact) mass is 326 g/mol. The van der Waals surface area contributed by atoms with Gasteiger partial charge < -0.3 is 10.6 Å². The van der Waals surface area contributed by atoms with Crippen molar-refractivity contribution in [1.82, 2.24) is 19.9 Å². The lowest BCUT2D eigenvalue weighted by atomic mass is 10.1. The lowest BCUT2D eigenvalue weighted by molar-refractivity contribution is 0.227. The van der Waals surface area contributed by atoms with Crippen molar-refractivity contribution in [2.24, 2.45) is 0 Å². The Hall–Kier alpha value is -1.67. The van der Waals surface area contributed by atoms with Gasteiger partial charge in [0.25, 0.3) is 0 Å². The first-order chi connectivity index (χ1) is 10.3. The van der Waals surface area contributed by atoms with Gasteiger partial charge in [-0.1, -0.05) is 6.07 Å². The van der Waals surface area contributed by atoms with E-state index in [2.05, 4.69) is 15.6 Å². The molecule has 0 saturated carbocycles. The van der Waals surface area contributed by atoms with Crippen LogP contribution in [0, 0.1) is 6.92 Å². The Bertz CT molecular complexity index is 607. The van der Waals surface area contributed by atoms with Gasteiger partial charge >= 0.3 is 6.03 Å². The van der Waals surface area contributed by atoms with Gasteiger partial charge in [0.15, 0.2) is 0 Å². The molecule has 1 aromatic heterocycles. The first kappa shape index (κ1) is 16.7. The predicted octanol–water partition coefficient (Wildman–Crippen LogP) is 0.613. The van der Waals surface area contributed by atoms with Crippen molar-refractivity contribution in [3.05, 3.63) is 29.6 Å². The van der Waals surface area contributed by atoms with Crippen molar-refractivity contribution in [2.75, 3.05) is 19.3 Å². The predicted molar refractivity (Wildman–Crippen MR) is 83.8 cm³/mol. The first-order valence-electron chi connectivity index (χ1n) is 7.25. The average Bonchev–Trinajstić information content (AvgIpc) is 2.46. The lowest BCUT2D eigenvalue weighted by Gasteiger charge is -2.30. The van der Waals surface area contributed by atoms with Crippen LogP contribution in [-0.4, -0.2) is 49.1 Å². The van der Waals surface area contributed by atoms with Gasteiger partial charge in [-0.25, -0.2) is 17.5 Å². The second kappa shape index (κ2) is 7.06. The van der Waals surface area contributed by atoms with Crippen LogP contribution in [0.4, 0.5) is 4.79 Å². The third-order valence-corrected chi connectivity index (χ3v) is 4.99. The van der Waals surface area contributed by atoms with Gasteiger partial charge in [-0.15, -0.1) is 0 Å². The summed E-state index contributed by atoms with van der Waals surface area (Å²) >= 11 is 0. The first-order valence-corrected chi connectivity index (χ1v) is 9.10. The Morgan fingerprint density at radius 2 is 2.05 bits per heavy atom. The fourth-order valence-corrected chi connectivity index (χ4v) is 3.23. The largest absolute Gasteiger partial charge is 0.335 e. The van der Waals surface area contributed by atoms with Crippen LogP contribution in [0.3, 0.4) is 0 Å². The molecule has 122 valence electrons. The van der Waals surface area contributed by atoms with Gasteiger partial charge in [-0.3, -0.25) is 4.98 Å². The molecule has 2 N–H and O–H groups in total. The van der Waals surface area contributed by atoms with Crippen molar-refractivity contribution in [2.45, 2.75) is 32.4 Å². The Labute approximate surface area is 131 Å². The zero-order valence-corrected chi connectivity index (χ0v) is 13.7. The van der Waals surface area contributed by atoms with Gasteiger partial charge in [-0.2, -0.15) is 0 Å². The van der Waals surface area contributed by atoms with Crippen LogP contribution in [0.5, 0.6) is 0 Å². The van der Waals surface area contributed by atoms with E-state index in [1.807, 2.05) is 19.1 Å². The number of aryl methyl sites for hydroxylation is 1. The summed E-state index contributed by atoms with van der Waals surface area (Å²) in [6.45, 7) is 3.23. The highest BCUT2D eigenvalue weighted by Gasteiger charge is 2.25. The summed E-state index contributed by atoms with van der Waals surface area (Å²) in [5.74, 6) is 0. The molecule has 2 amide bonds. The molecule has 22 heavy (non-hydrogen) atoms. The van der Waals surface area contributed by atoms with Gasteiger partial charge in [0.2, 0.25) is 10.0 Å². The summed E-state index contributed by atoms with van der Waals surface area (Å²) in [5, 5.41) is 5.67. The fraction of sp³-hybridized carbons (Fsp3) is 0.571. The number of carbonyl (C=O) groups excluding carboxylic acids is 1. The van der Waals surface area contributed by atoms with Crippen LogP contribution in [0.1, 0.15) is 24.1 Å². The van der Waals surface area contributed by atoms with Gasteiger partial charge in [0.05, 0.1) is 6.26 Å². The van der Waals surface area contributed by atoms with E-state index < -0.39 is 10.0 Å². The summed E-state index contributed by atoms with van der Waals surface area (Å²) in [6, 6.07) is 3.59. The number of sulfonamides is 1. The molecule has 1 aliphatic heterocycles. The molecule has 1 aromatic rings. The molecule has 7 nitrogen and oxygen atoms in total. The molecule has 2 heterocycles. The van der Waals surface area contributed by atoms with Crippen LogP contribution in [-0.2, 0) is 16.6 Å². The highest BCUT2D eigenvalue weighted by atomic mass is 32.2. The molecule has 2 rings (SSSR count). The van der Waals surface area contributed by atoms with Gasteiger partial charge in [0.1, 0.15) is 0 Å². The summed E-state index contributed by atoms with van der Waals surface area (Å²) in [6.07, 6.45) is 4.21. The van der Waals surface area contributed by atoms with Crippen LogP contribution in [0.2, 0.25) is 0 Å². The number of piperidine rings is 1. The zero-order chi connectivity index (χ0) is 16.2. The van der Waals surface area contributed by atoms with E-state index in [1.54, 1.807) is 6.20 Å². The highest BCUT2D eigenvalue weighted by molar-refractivity contribution is 7.88. The minimum atomic E-state index is -3.13. The second-order valence-corrected chi connectivity index (χ2v) is 7.55. The van der Waals surface area contributed by atoms with Crippen LogP contribution < -0.4 is 10.6 Å². The van der Waals surface area contributed by atoms with E-state index in [0.717, 1.165) is 11.3 Å². The number of carbonyl (C=O) groups is 1. The smallest absolute Gasteiger partial charge is 0.315 e. The Balaban J connectivity index is 1.73. The molecule has 0 radical (unpaired) electrons. The molecule has 1 saturated heterocycles. The molecule has 1 fully saturated rings. The quantitative estimate of drug-likeness (QED) is 0.848. The normalized spacial score (nSPS) is 17.2. The molecular formula is C14H22N4O3S. The summed E-state index contributed by atoms with van der Waals surface area (Å²) < 4.78 is 24.3. The van der Waals surface area contributed by atoms with E-state index in [1.165, 1.54) is 10.6 Å². The van der Waals surface area contributed by atoms with Gasteiger partial charge in [-0.05, 0) is 31.4 Å². The fourth-order valence-electron chi connectivity index (χ4n) is 2.35. The van der Waals surface area contributed by atoms with Gasteiger partial charge in [0, 0.05) is 37.6 Å². The van der Waals surface area contributed by atoms with Crippen LogP contribution in [0.25, 0.3) is 0 Å². The maximum absolute atomic E-state index is 11.9. The van der Waals surface area contributed by atoms with Crippen molar-refractivity contribution in [3.63, 3.8) is 0 Å². The number of urea groups is 1. The molecule has 0 bridgehead atoms. The molecule has 0 unspecified atom stereocenters. The number of hydrogen-bond donors (Lipinski definition) is 2. The molecule has 0 aromatic carbocycles. The molecule has 8 heteroatoms. The van der Waals surface area contributed by atoms with Crippen molar-refractivity contribution >= 4 is 16.1 Å². The average molecular weight is 326 g/mol. The number of pyridine rings is 1. The molecule has 0 spiro atoms. The zero-order valence-electron chi connectivity index (χ0n) is 12.9. The van der Waals surface area contributed by atoms with Crippen LogP contribution in [0.15, 0.2) is 18.3 Å². The highest BCUT2D eigenvalue weighted by Crippen LogP contribution is 2.13. The summed E-state index contributed by atoms with van der Waals surface area (Å²) in [5.41, 5.74) is 1.87. The third kappa shape index (κ3) is 4.96. The summed E-state index contributed by atoms with van der Waals surface area (Å²) in [7, 11) is -3.13. The maximum Gasteiger partial charge on any atom is 0.315 e. The number of aromatic nitrogens is 1. The van der Waals surface area contributed by atoms with Crippen molar-refractivity contribution in [3.8, 4) is 0 Å². The van der Waals surface area contributed by atoms with Crippen molar-refractivity contribution in [1.29, 1.82) is 0 Å². The topological polar surface area (TPSA) is 91.4 Å². The van der Waals surface area contributed by atoms with Crippen LogP contribution >= 0.6 is 0 Å². The SMILES string of the molecule is Cc1ccc(CNC(=O)NC2CCN(S(C)(=O)=O)CC2)cn1. The number of amides is 2. The molecule has 1 aliphatic rings.